The highest BCUT2D eigenvalue weighted by Gasteiger charge is 2.16. The number of amides is 1. The van der Waals surface area contributed by atoms with Gasteiger partial charge in [-0.15, -0.1) is 0 Å². The van der Waals surface area contributed by atoms with Crippen molar-refractivity contribution in [1.29, 1.82) is 0 Å². The molecule has 2 N–H and O–H groups in total. The van der Waals surface area contributed by atoms with Crippen molar-refractivity contribution in [2.75, 3.05) is 37.8 Å². The van der Waals surface area contributed by atoms with Gasteiger partial charge in [-0.2, -0.15) is 5.10 Å². The summed E-state index contributed by atoms with van der Waals surface area (Å²) in [5, 5.41) is 4.24. The van der Waals surface area contributed by atoms with Crippen molar-refractivity contribution < 1.29 is 4.79 Å². The largest absolute Gasteiger partial charge is 0.394 e. The first-order valence-electron chi connectivity index (χ1n) is 5.20. The molecule has 0 unspecified atom stereocenters. The van der Waals surface area contributed by atoms with E-state index in [0.717, 1.165) is 0 Å². The van der Waals surface area contributed by atoms with Crippen molar-refractivity contribution in [3.8, 4) is 0 Å². The first-order chi connectivity index (χ1) is 7.45. The third-order valence-corrected chi connectivity index (χ3v) is 2.34. The van der Waals surface area contributed by atoms with Crippen LogP contribution in [-0.2, 0) is 11.8 Å². The minimum atomic E-state index is 0.0342. The standard InChI is InChI=1S/C10H19N5O/c1-5-15(7-9(16)13(2)3)10-8(11)6-14(4)12-10/h6H,5,7,11H2,1-4H3. The molecule has 0 fully saturated rings. The highest BCUT2D eigenvalue weighted by atomic mass is 16.2. The average Bonchev–Trinajstić information content (AvgIpc) is 2.53. The van der Waals surface area contributed by atoms with Crippen molar-refractivity contribution in [1.82, 2.24) is 14.7 Å². The molecule has 6 nitrogen and oxygen atoms in total. The Balaban J connectivity index is 2.82. The van der Waals surface area contributed by atoms with Crippen LogP contribution in [0.2, 0.25) is 0 Å². The van der Waals surface area contributed by atoms with Gasteiger partial charge in [-0.1, -0.05) is 0 Å². The van der Waals surface area contributed by atoms with Crippen LogP contribution in [0.1, 0.15) is 6.92 Å². The quantitative estimate of drug-likeness (QED) is 0.778. The van der Waals surface area contributed by atoms with E-state index in [1.54, 1.807) is 29.9 Å². The molecule has 1 aromatic rings. The van der Waals surface area contributed by atoms with Crippen molar-refractivity contribution in [2.45, 2.75) is 6.92 Å². The van der Waals surface area contributed by atoms with E-state index in [1.165, 1.54) is 0 Å². The summed E-state index contributed by atoms with van der Waals surface area (Å²) >= 11 is 0. The summed E-state index contributed by atoms with van der Waals surface area (Å²) < 4.78 is 1.65. The fraction of sp³-hybridized carbons (Fsp3) is 0.600. The van der Waals surface area contributed by atoms with Gasteiger partial charge in [0.05, 0.1) is 12.2 Å². The Labute approximate surface area is 95.6 Å². The van der Waals surface area contributed by atoms with Gasteiger partial charge in [0.1, 0.15) is 0 Å². The van der Waals surface area contributed by atoms with E-state index in [1.807, 2.05) is 18.9 Å². The number of nitrogen functional groups attached to an aromatic ring is 1. The van der Waals surface area contributed by atoms with E-state index in [2.05, 4.69) is 5.10 Å². The predicted octanol–water partition coefficient (Wildman–Crippen LogP) is -0.0832. The summed E-state index contributed by atoms with van der Waals surface area (Å²) in [4.78, 5) is 15.0. The van der Waals surface area contributed by atoms with Gasteiger partial charge in [0.25, 0.3) is 0 Å². The maximum absolute atomic E-state index is 11.6. The van der Waals surface area contributed by atoms with Crippen LogP contribution in [0.25, 0.3) is 0 Å². The van der Waals surface area contributed by atoms with Gasteiger partial charge in [-0.3, -0.25) is 9.48 Å². The third kappa shape index (κ3) is 2.65. The zero-order chi connectivity index (χ0) is 12.3. The lowest BCUT2D eigenvalue weighted by Gasteiger charge is -2.22. The molecule has 6 heteroatoms. The molecule has 1 aromatic heterocycles. The molecule has 1 amide bonds. The third-order valence-electron chi connectivity index (χ3n) is 2.34. The molecule has 16 heavy (non-hydrogen) atoms. The molecule has 0 saturated carbocycles. The lowest BCUT2D eigenvalue weighted by Crippen LogP contribution is -2.37. The minimum absolute atomic E-state index is 0.0342. The maximum Gasteiger partial charge on any atom is 0.241 e. The van der Waals surface area contributed by atoms with Crippen molar-refractivity contribution in [3.63, 3.8) is 0 Å². The smallest absolute Gasteiger partial charge is 0.241 e. The van der Waals surface area contributed by atoms with Gasteiger partial charge < -0.3 is 15.5 Å². The SMILES string of the molecule is CCN(CC(=O)N(C)C)c1nn(C)cc1N. The monoisotopic (exact) mass is 225 g/mol. The molecule has 0 aromatic carbocycles. The fourth-order valence-corrected chi connectivity index (χ4v) is 1.38. The number of likely N-dealkylation sites (N-methyl/N-ethyl adjacent to an activating group) is 2. The number of nitrogens with two attached hydrogens (primary N) is 1. The summed E-state index contributed by atoms with van der Waals surface area (Å²) in [5.74, 6) is 0.701. The first-order valence-corrected chi connectivity index (χ1v) is 5.20. The molecule has 0 aliphatic rings. The highest BCUT2D eigenvalue weighted by Crippen LogP contribution is 2.19. The summed E-state index contributed by atoms with van der Waals surface area (Å²) in [6, 6.07) is 0. The number of aryl methyl sites for hydroxylation is 1. The van der Waals surface area contributed by atoms with Crippen LogP contribution < -0.4 is 10.6 Å². The number of anilines is 2. The summed E-state index contributed by atoms with van der Waals surface area (Å²) in [5.41, 5.74) is 6.41. The Bertz CT molecular complexity index is 371. The average molecular weight is 225 g/mol. The molecule has 0 spiro atoms. The second-order valence-corrected chi connectivity index (χ2v) is 3.88. The number of nitrogens with zero attached hydrogens (tertiary/aromatic N) is 4. The number of hydrogen-bond acceptors (Lipinski definition) is 4. The van der Waals surface area contributed by atoms with Crippen LogP contribution in [0.5, 0.6) is 0 Å². The molecule has 0 atom stereocenters. The second-order valence-electron chi connectivity index (χ2n) is 3.88. The Hall–Kier alpha value is -1.72. The van der Waals surface area contributed by atoms with Crippen LogP contribution in [0, 0.1) is 0 Å². The van der Waals surface area contributed by atoms with Gasteiger partial charge >= 0.3 is 0 Å². The number of rotatable bonds is 4. The maximum atomic E-state index is 11.6. The topological polar surface area (TPSA) is 67.4 Å². The Morgan fingerprint density at radius 3 is 2.56 bits per heavy atom. The highest BCUT2D eigenvalue weighted by molar-refractivity contribution is 5.81. The van der Waals surface area contributed by atoms with Gasteiger partial charge in [-0.05, 0) is 6.92 Å². The summed E-state index contributed by atoms with van der Waals surface area (Å²) in [6.45, 7) is 2.96. The number of hydrogen-bond donors (Lipinski definition) is 1. The molecule has 1 rings (SSSR count). The molecule has 90 valence electrons. The van der Waals surface area contributed by atoms with E-state index < -0.39 is 0 Å². The lowest BCUT2D eigenvalue weighted by atomic mass is 10.4. The lowest BCUT2D eigenvalue weighted by molar-refractivity contribution is -0.127. The van der Waals surface area contributed by atoms with Crippen molar-refractivity contribution in [3.05, 3.63) is 6.20 Å². The Morgan fingerprint density at radius 2 is 2.19 bits per heavy atom. The van der Waals surface area contributed by atoms with E-state index in [0.29, 0.717) is 24.6 Å². The van der Waals surface area contributed by atoms with E-state index in [-0.39, 0.29) is 5.91 Å². The Kier molecular flexibility index (Phi) is 3.76. The number of aromatic nitrogens is 2. The van der Waals surface area contributed by atoms with Crippen LogP contribution in [-0.4, -0.2) is 47.8 Å². The van der Waals surface area contributed by atoms with Crippen LogP contribution >= 0.6 is 0 Å². The van der Waals surface area contributed by atoms with Crippen LogP contribution in [0.4, 0.5) is 11.5 Å². The first kappa shape index (κ1) is 12.4. The van der Waals surface area contributed by atoms with Gasteiger partial charge in [-0.25, -0.2) is 0 Å². The number of carbonyl (C=O) groups excluding carboxylic acids is 1. The zero-order valence-electron chi connectivity index (χ0n) is 10.3. The molecule has 0 aliphatic heterocycles. The van der Waals surface area contributed by atoms with Crippen molar-refractivity contribution in [2.24, 2.45) is 7.05 Å². The van der Waals surface area contributed by atoms with Gasteiger partial charge in [0, 0.05) is 33.9 Å². The number of carbonyl (C=O) groups is 1. The summed E-state index contributed by atoms with van der Waals surface area (Å²) in [7, 11) is 5.28. The minimum Gasteiger partial charge on any atom is -0.394 e. The van der Waals surface area contributed by atoms with E-state index in [4.69, 9.17) is 5.73 Å². The Morgan fingerprint density at radius 1 is 1.56 bits per heavy atom. The molecule has 0 bridgehead atoms. The molecular weight excluding hydrogens is 206 g/mol. The summed E-state index contributed by atoms with van der Waals surface area (Å²) in [6.07, 6.45) is 1.73. The van der Waals surface area contributed by atoms with Crippen LogP contribution in [0.3, 0.4) is 0 Å². The molecule has 0 aliphatic carbocycles. The molecule has 0 saturated heterocycles. The normalized spacial score (nSPS) is 10.2. The van der Waals surface area contributed by atoms with E-state index in [9.17, 15) is 4.79 Å². The zero-order valence-corrected chi connectivity index (χ0v) is 10.3. The molecule has 0 radical (unpaired) electrons. The molecular formula is C10H19N5O. The molecule has 1 heterocycles. The fourth-order valence-electron chi connectivity index (χ4n) is 1.38. The second kappa shape index (κ2) is 4.87. The van der Waals surface area contributed by atoms with E-state index >= 15 is 0 Å². The van der Waals surface area contributed by atoms with Gasteiger partial charge in [0.2, 0.25) is 5.91 Å². The predicted molar refractivity (Wildman–Crippen MR) is 64.2 cm³/mol. The van der Waals surface area contributed by atoms with Crippen LogP contribution in [0.15, 0.2) is 6.20 Å². The van der Waals surface area contributed by atoms with Gasteiger partial charge in [0.15, 0.2) is 5.82 Å². The van der Waals surface area contributed by atoms with Crippen molar-refractivity contribution >= 4 is 17.4 Å².